The smallest absolute Gasteiger partial charge is 0.322 e. The van der Waals surface area contributed by atoms with Crippen LogP contribution in [0, 0.1) is 6.92 Å². The summed E-state index contributed by atoms with van der Waals surface area (Å²) < 4.78 is 5.63. The van der Waals surface area contributed by atoms with Crippen LogP contribution < -0.4 is 10.6 Å². The predicted molar refractivity (Wildman–Crippen MR) is 92.1 cm³/mol. The van der Waals surface area contributed by atoms with Crippen LogP contribution in [0.15, 0.2) is 16.5 Å². The summed E-state index contributed by atoms with van der Waals surface area (Å²) in [4.78, 5) is 40.4. The van der Waals surface area contributed by atoms with Crippen molar-refractivity contribution in [2.24, 2.45) is 0 Å². The van der Waals surface area contributed by atoms with Crippen LogP contribution >= 0.6 is 0 Å². The van der Waals surface area contributed by atoms with Gasteiger partial charge in [0.15, 0.2) is 0 Å². The Bertz CT molecular complexity index is 741. The number of carbonyl (C=O) groups is 3. The monoisotopic (exact) mass is 360 g/mol. The van der Waals surface area contributed by atoms with Crippen LogP contribution in [0.1, 0.15) is 37.2 Å². The summed E-state index contributed by atoms with van der Waals surface area (Å²) in [5.41, 5.74) is -0.891. The Kier molecular flexibility index (Phi) is 4.22. The molecule has 3 fully saturated rings. The molecule has 3 heterocycles. The van der Waals surface area contributed by atoms with Crippen molar-refractivity contribution in [3.8, 4) is 0 Å². The van der Waals surface area contributed by atoms with E-state index in [0.29, 0.717) is 19.5 Å². The molecule has 4 amide bonds. The molecule has 2 N–H and O–H groups in total. The van der Waals surface area contributed by atoms with Crippen molar-refractivity contribution in [1.82, 2.24) is 20.4 Å². The largest absolute Gasteiger partial charge is 0.464 e. The number of carbonyl (C=O) groups excluding carboxylic acids is 3. The molecule has 8 nitrogen and oxygen atoms in total. The first-order valence-electron chi connectivity index (χ1n) is 9.16. The minimum Gasteiger partial charge on any atom is -0.464 e. The summed E-state index contributed by atoms with van der Waals surface area (Å²) in [6.07, 6.45) is 3.41. The van der Waals surface area contributed by atoms with E-state index in [1.165, 1.54) is 0 Å². The van der Waals surface area contributed by atoms with E-state index in [-0.39, 0.29) is 24.4 Å². The van der Waals surface area contributed by atoms with E-state index in [9.17, 15) is 14.4 Å². The van der Waals surface area contributed by atoms with E-state index in [1.54, 1.807) is 0 Å². The molecule has 1 aliphatic carbocycles. The molecule has 1 saturated carbocycles. The van der Waals surface area contributed by atoms with Gasteiger partial charge in [-0.1, -0.05) is 0 Å². The van der Waals surface area contributed by atoms with E-state index < -0.39 is 11.6 Å². The van der Waals surface area contributed by atoms with Crippen LogP contribution in [0.25, 0.3) is 0 Å². The number of hydrogen-bond donors (Lipinski definition) is 2. The molecule has 1 aromatic heterocycles. The van der Waals surface area contributed by atoms with Gasteiger partial charge in [0.1, 0.15) is 17.1 Å². The Balaban J connectivity index is 1.41. The molecule has 0 bridgehead atoms. The quantitative estimate of drug-likeness (QED) is 0.756. The number of nitrogens with zero attached hydrogens (tertiary/aromatic N) is 2. The number of amides is 4. The number of urea groups is 1. The number of hydrogen-bond acceptors (Lipinski definition) is 5. The van der Waals surface area contributed by atoms with E-state index in [4.69, 9.17) is 4.42 Å². The third kappa shape index (κ3) is 3.33. The number of likely N-dealkylation sites (tertiary alicyclic amines) is 1. The van der Waals surface area contributed by atoms with Crippen molar-refractivity contribution >= 4 is 17.8 Å². The van der Waals surface area contributed by atoms with Gasteiger partial charge in [0, 0.05) is 12.6 Å². The SMILES string of the molecule is Cc1ccc(CN(C(=O)CN2CCC[C@@]3(C2)NC(=O)NC3=O)C2CC2)o1. The van der Waals surface area contributed by atoms with Gasteiger partial charge in [-0.25, -0.2) is 4.79 Å². The summed E-state index contributed by atoms with van der Waals surface area (Å²) >= 11 is 0. The Hall–Kier alpha value is -2.35. The number of imide groups is 1. The topological polar surface area (TPSA) is 94.9 Å². The lowest BCUT2D eigenvalue weighted by Crippen LogP contribution is -2.59. The van der Waals surface area contributed by atoms with Crippen LogP contribution in [-0.4, -0.2) is 58.9 Å². The Morgan fingerprint density at radius 3 is 2.81 bits per heavy atom. The summed E-state index contributed by atoms with van der Waals surface area (Å²) in [6, 6.07) is 3.64. The first-order chi connectivity index (χ1) is 12.4. The van der Waals surface area contributed by atoms with Gasteiger partial charge < -0.3 is 14.6 Å². The highest BCUT2D eigenvalue weighted by Gasteiger charge is 2.49. The van der Waals surface area contributed by atoms with Gasteiger partial charge in [-0.2, -0.15) is 0 Å². The second-order valence-electron chi connectivity index (χ2n) is 7.57. The van der Waals surface area contributed by atoms with Crippen molar-refractivity contribution in [2.45, 2.75) is 50.7 Å². The zero-order valence-electron chi connectivity index (χ0n) is 14.9. The van der Waals surface area contributed by atoms with Crippen molar-refractivity contribution in [2.75, 3.05) is 19.6 Å². The molecule has 2 aliphatic heterocycles. The first-order valence-corrected chi connectivity index (χ1v) is 9.16. The van der Waals surface area contributed by atoms with Crippen LogP contribution in [0.3, 0.4) is 0 Å². The molecule has 0 unspecified atom stereocenters. The molecule has 2 saturated heterocycles. The lowest BCUT2D eigenvalue weighted by molar-refractivity contribution is -0.136. The number of aryl methyl sites for hydroxylation is 1. The molecule has 3 aliphatic rings. The fraction of sp³-hybridized carbons (Fsp3) is 0.611. The average Bonchev–Trinajstić information content (AvgIpc) is 3.28. The highest BCUT2D eigenvalue weighted by atomic mass is 16.3. The highest BCUT2D eigenvalue weighted by molar-refractivity contribution is 6.07. The van der Waals surface area contributed by atoms with Gasteiger partial charge in [-0.05, 0) is 51.3 Å². The fourth-order valence-corrected chi connectivity index (χ4v) is 3.92. The Morgan fingerprint density at radius 2 is 2.19 bits per heavy atom. The number of nitrogens with one attached hydrogen (secondary N) is 2. The number of rotatable bonds is 5. The minimum absolute atomic E-state index is 0.0448. The second kappa shape index (κ2) is 6.42. The fourth-order valence-electron chi connectivity index (χ4n) is 3.92. The van der Waals surface area contributed by atoms with Gasteiger partial charge in [0.25, 0.3) is 5.91 Å². The van der Waals surface area contributed by atoms with Crippen molar-refractivity contribution in [1.29, 1.82) is 0 Å². The summed E-state index contributed by atoms with van der Waals surface area (Å²) in [7, 11) is 0. The van der Waals surface area contributed by atoms with Gasteiger partial charge in [-0.3, -0.25) is 19.8 Å². The highest BCUT2D eigenvalue weighted by Crippen LogP contribution is 2.30. The van der Waals surface area contributed by atoms with E-state index in [1.807, 2.05) is 28.9 Å². The maximum atomic E-state index is 12.9. The summed E-state index contributed by atoms with van der Waals surface area (Å²) in [5, 5.41) is 5.06. The van der Waals surface area contributed by atoms with Crippen LogP contribution in [-0.2, 0) is 16.1 Å². The summed E-state index contributed by atoms with van der Waals surface area (Å²) in [5.74, 6) is 1.39. The average molecular weight is 360 g/mol. The predicted octanol–water partition coefficient (Wildman–Crippen LogP) is 0.753. The lowest BCUT2D eigenvalue weighted by atomic mass is 9.89. The van der Waals surface area contributed by atoms with Crippen LogP contribution in [0.5, 0.6) is 0 Å². The Morgan fingerprint density at radius 1 is 1.38 bits per heavy atom. The Labute approximate surface area is 151 Å². The molecule has 26 heavy (non-hydrogen) atoms. The van der Waals surface area contributed by atoms with Crippen molar-refractivity contribution in [3.63, 3.8) is 0 Å². The van der Waals surface area contributed by atoms with Gasteiger partial charge >= 0.3 is 6.03 Å². The number of furan rings is 1. The third-order valence-electron chi connectivity index (χ3n) is 5.37. The standard InChI is InChI=1S/C18H24N4O4/c1-12-3-6-14(26-12)9-22(13-4-5-13)15(23)10-21-8-2-7-18(11-21)16(24)19-17(25)20-18/h3,6,13H,2,4-5,7-11H2,1H3,(H2,19,20,24,25)/t18-/m0/s1. The van der Waals surface area contributed by atoms with Crippen LogP contribution in [0.2, 0.25) is 0 Å². The molecule has 1 spiro atoms. The van der Waals surface area contributed by atoms with E-state index in [2.05, 4.69) is 10.6 Å². The third-order valence-corrected chi connectivity index (χ3v) is 5.37. The molecular formula is C18H24N4O4. The molecule has 1 aromatic rings. The molecule has 0 aromatic carbocycles. The maximum Gasteiger partial charge on any atom is 0.322 e. The molecule has 8 heteroatoms. The first kappa shape index (κ1) is 17.1. The van der Waals surface area contributed by atoms with Crippen LogP contribution in [0.4, 0.5) is 4.79 Å². The van der Waals surface area contributed by atoms with E-state index in [0.717, 1.165) is 37.3 Å². The second-order valence-corrected chi connectivity index (χ2v) is 7.57. The number of piperidine rings is 1. The summed E-state index contributed by atoms with van der Waals surface area (Å²) in [6.45, 7) is 3.74. The maximum absolute atomic E-state index is 12.9. The molecule has 1 atom stereocenters. The normalized spacial score (nSPS) is 26.0. The zero-order chi connectivity index (χ0) is 18.3. The van der Waals surface area contributed by atoms with Gasteiger partial charge in [0.2, 0.25) is 5.91 Å². The zero-order valence-corrected chi connectivity index (χ0v) is 14.9. The van der Waals surface area contributed by atoms with Crippen molar-refractivity contribution in [3.05, 3.63) is 23.7 Å². The molecule has 0 radical (unpaired) electrons. The van der Waals surface area contributed by atoms with Crippen molar-refractivity contribution < 1.29 is 18.8 Å². The minimum atomic E-state index is -0.891. The van der Waals surface area contributed by atoms with Gasteiger partial charge in [-0.15, -0.1) is 0 Å². The molecule has 140 valence electrons. The molecular weight excluding hydrogens is 336 g/mol. The lowest BCUT2D eigenvalue weighted by Gasteiger charge is -2.38. The van der Waals surface area contributed by atoms with E-state index >= 15 is 0 Å². The molecule has 4 rings (SSSR count). The van der Waals surface area contributed by atoms with Gasteiger partial charge in [0.05, 0.1) is 13.1 Å².